The van der Waals surface area contributed by atoms with E-state index in [4.69, 9.17) is 4.74 Å². The van der Waals surface area contributed by atoms with Crippen LogP contribution in [0.2, 0.25) is 0 Å². The third-order valence-corrected chi connectivity index (χ3v) is 4.07. The highest BCUT2D eigenvalue weighted by molar-refractivity contribution is 5.80. The first-order valence-electron chi connectivity index (χ1n) is 6.37. The average Bonchev–Trinajstić information content (AvgIpc) is 2.85. The molecule has 0 spiro atoms. The molecule has 3 fully saturated rings. The maximum Gasteiger partial charge on any atom is 0.228 e. The van der Waals surface area contributed by atoms with Crippen LogP contribution >= 0.6 is 0 Å². The monoisotopic (exact) mass is 224 g/mol. The minimum absolute atomic E-state index is 0.132. The summed E-state index contributed by atoms with van der Waals surface area (Å²) in [7, 11) is 2.12. The number of hydrogen-bond donors (Lipinski definition) is 0. The average molecular weight is 224 g/mol. The summed E-state index contributed by atoms with van der Waals surface area (Å²) in [5, 5.41) is 0. The van der Waals surface area contributed by atoms with Gasteiger partial charge >= 0.3 is 0 Å². The Morgan fingerprint density at radius 3 is 2.75 bits per heavy atom. The van der Waals surface area contributed by atoms with Gasteiger partial charge in [0.05, 0.1) is 18.1 Å². The van der Waals surface area contributed by atoms with Gasteiger partial charge in [-0.3, -0.25) is 4.79 Å². The summed E-state index contributed by atoms with van der Waals surface area (Å²) in [6.07, 6.45) is 3.72. The zero-order valence-electron chi connectivity index (χ0n) is 9.89. The molecule has 0 unspecified atom stereocenters. The first-order chi connectivity index (χ1) is 7.74. The van der Waals surface area contributed by atoms with E-state index in [9.17, 15) is 4.79 Å². The van der Waals surface area contributed by atoms with Crippen LogP contribution in [0.4, 0.5) is 0 Å². The molecule has 0 saturated carbocycles. The van der Waals surface area contributed by atoms with E-state index in [0.29, 0.717) is 12.0 Å². The molecule has 3 aliphatic rings. The number of ether oxygens (including phenoxy) is 1. The predicted octanol–water partition coefficient (Wildman–Crippen LogP) is 0.328. The maximum absolute atomic E-state index is 12.3. The number of carbonyl (C=O) groups excluding carboxylic acids is 1. The fourth-order valence-corrected chi connectivity index (χ4v) is 3.28. The van der Waals surface area contributed by atoms with E-state index in [1.54, 1.807) is 0 Å². The van der Waals surface area contributed by atoms with Crippen LogP contribution in [0.15, 0.2) is 0 Å². The number of fused-ring (bicyclic) bond motifs is 2. The number of carbonyl (C=O) groups is 1. The van der Waals surface area contributed by atoms with Gasteiger partial charge in [0, 0.05) is 26.2 Å². The molecule has 0 aromatic carbocycles. The van der Waals surface area contributed by atoms with Gasteiger partial charge in [0.15, 0.2) is 0 Å². The second-order valence-electron chi connectivity index (χ2n) is 5.39. The zero-order chi connectivity index (χ0) is 11.1. The highest BCUT2D eigenvalue weighted by atomic mass is 16.5. The molecule has 0 radical (unpaired) electrons. The largest absolute Gasteiger partial charge is 0.371 e. The quantitative estimate of drug-likeness (QED) is 0.643. The molecule has 3 atom stereocenters. The summed E-state index contributed by atoms with van der Waals surface area (Å²) in [4.78, 5) is 16.6. The zero-order valence-corrected chi connectivity index (χ0v) is 9.89. The standard InChI is InChI=1S/C12H20N2O2/c1-13-7-9-6-10(11(8-13)16-9)12(15)14-4-2-3-5-14/h9-11H,2-8H2,1H3/t9-,10+,11-/m0/s1. The molecule has 4 heteroatoms. The second kappa shape index (κ2) is 4.00. The minimum atomic E-state index is 0.132. The van der Waals surface area contributed by atoms with Crippen LogP contribution in [-0.4, -0.2) is 61.1 Å². The molecule has 4 nitrogen and oxygen atoms in total. The third kappa shape index (κ3) is 1.74. The van der Waals surface area contributed by atoms with Gasteiger partial charge in [0.1, 0.15) is 0 Å². The molecule has 3 heterocycles. The lowest BCUT2D eigenvalue weighted by Gasteiger charge is -2.30. The summed E-state index contributed by atoms with van der Waals surface area (Å²) in [5.41, 5.74) is 0. The SMILES string of the molecule is CN1C[C@@H]2C[C@@H](C(=O)N3CCCC3)[C@H](C1)O2. The molecule has 3 aliphatic heterocycles. The Balaban J connectivity index is 1.68. The molecule has 0 aromatic heterocycles. The number of nitrogens with zero attached hydrogens (tertiary/aromatic N) is 2. The smallest absolute Gasteiger partial charge is 0.228 e. The van der Waals surface area contributed by atoms with Crippen LogP contribution in [0.1, 0.15) is 19.3 Å². The van der Waals surface area contributed by atoms with Crippen molar-refractivity contribution in [2.24, 2.45) is 5.92 Å². The fourth-order valence-electron chi connectivity index (χ4n) is 3.28. The van der Waals surface area contributed by atoms with Crippen LogP contribution in [-0.2, 0) is 9.53 Å². The summed E-state index contributed by atoms with van der Waals surface area (Å²) < 4.78 is 5.87. The molecule has 16 heavy (non-hydrogen) atoms. The van der Waals surface area contributed by atoms with Crippen molar-refractivity contribution >= 4 is 5.91 Å². The first kappa shape index (κ1) is 10.5. The third-order valence-electron chi connectivity index (χ3n) is 4.07. The van der Waals surface area contributed by atoms with Crippen LogP contribution < -0.4 is 0 Å². The minimum Gasteiger partial charge on any atom is -0.371 e. The number of likely N-dealkylation sites (tertiary alicyclic amines) is 2. The van der Waals surface area contributed by atoms with Gasteiger partial charge in [-0.05, 0) is 26.3 Å². The van der Waals surface area contributed by atoms with Gasteiger partial charge in [-0.1, -0.05) is 0 Å². The number of morpholine rings is 1. The molecule has 0 N–H and O–H groups in total. The van der Waals surface area contributed by atoms with Crippen LogP contribution in [0.25, 0.3) is 0 Å². The first-order valence-corrected chi connectivity index (χ1v) is 6.37. The van der Waals surface area contributed by atoms with Crippen molar-refractivity contribution in [3.05, 3.63) is 0 Å². The van der Waals surface area contributed by atoms with Crippen molar-refractivity contribution < 1.29 is 9.53 Å². The molecule has 3 saturated heterocycles. The van der Waals surface area contributed by atoms with Crippen molar-refractivity contribution in [1.29, 1.82) is 0 Å². The summed E-state index contributed by atoms with van der Waals surface area (Å²) >= 11 is 0. The van der Waals surface area contributed by atoms with Crippen LogP contribution in [0.5, 0.6) is 0 Å². The Morgan fingerprint density at radius 1 is 1.25 bits per heavy atom. The highest BCUT2D eigenvalue weighted by Gasteiger charge is 2.45. The highest BCUT2D eigenvalue weighted by Crippen LogP contribution is 2.33. The number of rotatable bonds is 1. The van der Waals surface area contributed by atoms with Gasteiger partial charge in [0.25, 0.3) is 0 Å². The van der Waals surface area contributed by atoms with Crippen molar-refractivity contribution in [2.45, 2.75) is 31.5 Å². The van der Waals surface area contributed by atoms with Crippen molar-refractivity contribution in [2.75, 3.05) is 33.2 Å². The van der Waals surface area contributed by atoms with E-state index in [1.165, 1.54) is 12.8 Å². The predicted molar refractivity (Wildman–Crippen MR) is 60.1 cm³/mol. The van der Waals surface area contributed by atoms with Crippen LogP contribution in [0.3, 0.4) is 0 Å². The number of hydrogen-bond acceptors (Lipinski definition) is 3. The second-order valence-corrected chi connectivity index (χ2v) is 5.39. The van der Waals surface area contributed by atoms with E-state index in [0.717, 1.165) is 32.6 Å². The Bertz CT molecular complexity index is 289. The van der Waals surface area contributed by atoms with E-state index >= 15 is 0 Å². The lowest BCUT2D eigenvalue weighted by molar-refractivity contribution is -0.137. The molecule has 2 bridgehead atoms. The summed E-state index contributed by atoms with van der Waals surface area (Å²) in [6.45, 7) is 3.83. The topological polar surface area (TPSA) is 32.8 Å². The maximum atomic E-state index is 12.3. The summed E-state index contributed by atoms with van der Waals surface area (Å²) in [6, 6.07) is 0. The van der Waals surface area contributed by atoms with Gasteiger partial charge < -0.3 is 14.5 Å². The Hall–Kier alpha value is -0.610. The van der Waals surface area contributed by atoms with E-state index in [1.807, 2.05) is 4.90 Å². The molecule has 1 amide bonds. The Labute approximate surface area is 96.5 Å². The van der Waals surface area contributed by atoms with Crippen molar-refractivity contribution in [3.8, 4) is 0 Å². The van der Waals surface area contributed by atoms with Crippen LogP contribution in [0, 0.1) is 5.92 Å². The van der Waals surface area contributed by atoms with Crippen molar-refractivity contribution in [1.82, 2.24) is 9.80 Å². The van der Waals surface area contributed by atoms with E-state index in [-0.39, 0.29) is 12.0 Å². The summed E-state index contributed by atoms with van der Waals surface area (Å²) in [5.74, 6) is 0.480. The lowest BCUT2D eigenvalue weighted by Crippen LogP contribution is -2.44. The fraction of sp³-hybridized carbons (Fsp3) is 0.917. The molecular weight excluding hydrogens is 204 g/mol. The van der Waals surface area contributed by atoms with E-state index in [2.05, 4.69) is 11.9 Å². The van der Waals surface area contributed by atoms with Gasteiger partial charge in [-0.15, -0.1) is 0 Å². The Morgan fingerprint density at radius 2 is 2.00 bits per heavy atom. The number of likely N-dealkylation sites (N-methyl/N-ethyl adjacent to an activating group) is 1. The number of amides is 1. The molecule has 90 valence electrons. The van der Waals surface area contributed by atoms with Gasteiger partial charge in [-0.25, -0.2) is 0 Å². The van der Waals surface area contributed by atoms with Crippen molar-refractivity contribution in [3.63, 3.8) is 0 Å². The van der Waals surface area contributed by atoms with Gasteiger partial charge in [0.2, 0.25) is 5.91 Å². The van der Waals surface area contributed by atoms with E-state index < -0.39 is 0 Å². The van der Waals surface area contributed by atoms with Gasteiger partial charge in [-0.2, -0.15) is 0 Å². The Kier molecular flexibility index (Phi) is 2.64. The molecule has 0 aromatic rings. The normalized spacial score (nSPS) is 39.3. The lowest BCUT2D eigenvalue weighted by atomic mass is 9.99. The molecular formula is C12H20N2O2. The molecule has 0 aliphatic carbocycles. The molecule has 3 rings (SSSR count).